The SMILES string of the molecule is COc1cccc(C(=O)Nc2ccc(N3CCCN(C(=O)Nc4cccc(C(F)(F)F)c4)CC3)c(C(=O)N3CCOCC3)c2)c1. The van der Waals surface area contributed by atoms with E-state index in [4.69, 9.17) is 9.47 Å². The summed E-state index contributed by atoms with van der Waals surface area (Å²) in [7, 11) is 1.52. The molecule has 10 nitrogen and oxygen atoms in total. The molecule has 45 heavy (non-hydrogen) atoms. The Morgan fingerprint density at radius 2 is 1.56 bits per heavy atom. The number of morpholine rings is 1. The highest BCUT2D eigenvalue weighted by Gasteiger charge is 2.31. The maximum Gasteiger partial charge on any atom is 0.416 e. The van der Waals surface area contributed by atoms with Crippen LogP contribution in [0.2, 0.25) is 0 Å². The van der Waals surface area contributed by atoms with Crippen LogP contribution in [0, 0.1) is 0 Å². The summed E-state index contributed by atoms with van der Waals surface area (Å²) in [6, 6.07) is 15.9. The number of nitrogens with zero attached hydrogens (tertiary/aromatic N) is 3. The Kier molecular flexibility index (Phi) is 9.77. The lowest BCUT2D eigenvalue weighted by molar-refractivity contribution is -0.137. The maximum absolute atomic E-state index is 13.8. The number of carbonyl (C=O) groups is 3. The number of ether oxygens (including phenoxy) is 2. The predicted molar refractivity (Wildman–Crippen MR) is 163 cm³/mol. The van der Waals surface area contributed by atoms with Gasteiger partial charge in [0.2, 0.25) is 0 Å². The number of halogens is 3. The fourth-order valence-electron chi connectivity index (χ4n) is 5.30. The molecule has 0 spiro atoms. The lowest BCUT2D eigenvalue weighted by Crippen LogP contribution is -2.42. The quantitative estimate of drug-likeness (QED) is 0.391. The van der Waals surface area contributed by atoms with E-state index < -0.39 is 17.8 Å². The molecule has 2 heterocycles. The van der Waals surface area contributed by atoms with Gasteiger partial charge in [-0.2, -0.15) is 13.2 Å². The standard InChI is InChI=1S/C32H34F3N5O5/c1-44-26-8-2-5-22(19-26)29(41)36-25-9-10-28(27(21-25)30(42)39-15-17-45-18-16-39)38-11-4-12-40(14-13-38)31(43)37-24-7-3-6-23(20-24)32(33,34)35/h2-3,5-10,19-21H,4,11-18H2,1H3,(H,36,41)(H,37,43). The number of carbonyl (C=O) groups excluding carboxylic acids is 3. The van der Waals surface area contributed by atoms with Crippen molar-refractivity contribution in [3.05, 3.63) is 83.4 Å². The van der Waals surface area contributed by atoms with Crippen molar-refractivity contribution in [3.63, 3.8) is 0 Å². The minimum atomic E-state index is -4.52. The van der Waals surface area contributed by atoms with Gasteiger partial charge in [0.05, 0.1) is 31.5 Å². The first-order valence-corrected chi connectivity index (χ1v) is 14.6. The van der Waals surface area contributed by atoms with Crippen LogP contribution in [0.1, 0.15) is 32.7 Å². The van der Waals surface area contributed by atoms with E-state index in [9.17, 15) is 27.6 Å². The Hall–Kier alpha value is -4.78. The maximum atomic E-state index is 13.8. The molecule has 5 rings (SSSR count). The number of benzene rings is 3. The molecular formula is C32H34F3N5O5. The Labute approximate surface area is 258 Å². The van der Waals surface area contributed by atoms with Crippen molar-refractivity contribution < 1.29 is 37.0 Å². The molecule has 3 aromatic rings. The van der Waals surface area contributed by atoms with Crippen molar-refractivity contribution in [1.29, 1.82) is 0 Å². The van der Waals surface area contributed by atoms with Gasteiger partial charge >= 0.3 is 12.2 Å². The molecule has 0 radical (unpaired) electrons. The summed E-state index contributed by atoms with van der Waals surface area (Å²) < 4.78 is 50.0. The van der Waals surface area contributed by atoms with Crippen LogP contribution >= 0.6 is 0 Å². The van der Waals surface area contributed by atoms with Crippen LogP contribution in [0.15, 0.2) is 66.7 Å². The zero-order valence-corrected chi connectivity index (χ0v) is 24.7. The molecule has 0 atom stereocenters. The van der Waals surface area contributed by atoms with Crippen molar-refractivity contribution >= 4 is 34.9 Å². The Bertz CT molecular complexity index is 1540. The van der Waals surface area contributed by atoms with E-state index in [2.05, 4.69) is 10.6 Å². The lowest BCUT2D eigenvalue weighted by Gasteiger charge is -2.30. The summed E-state index contributed by atoms with van der Waals surface area (Å²) in [4.78, 5) is 45.1. The molecule has 3 aromatic carbocycles. The van der Waals surface area contributed by atoms with Crippen molar-refractivity contribution in [2.75, 3.05) is 75.1 Å². The normalized spacial score (nSPS) is 15.7. The molecule has 0 aromatic heterocycles. The van der Waals surface area contributed by atoms with E-state index in [1.54, 1.807) is 52.3 Å². The minimum Gasteiger partial charge on any atom is -0.497 e. The smallest absolute Gasteiger partial charge is 0.416 e. The van der Waals surface area contributed by atoms with Gasteiger partial charge in [-0.1, -0.05) is 12.1 Å². The molecule has 0 bridgehead atoms. The second kappa shape index (κ2) is 13.9. The third kappa shape index (κ3) is 7.85. The lowest BCUT2D eigenvalue weighted by atomic mass is 10.1. The van der Waals surface area contributed by atoms with E-state index >= 15 is 0 Å². The Morgan fingerprint density at radius 3 is 2.31 bits per heavy atom. The van der Waals surface area contributed by atoms with Crippen molar-refractivity contribution in [3.8, 4) is 5.75 Å². The van der Waals surface area contributed by atoms with Gasteiger partial charge in [0.25, 0.3) is 11.8 Å². The monoisotopic (exact) mass is 625 g/mol. The fourth-order valence-corrected chi connectivity index (χ4v) is 5.30. The molecule has 2 saturated heterocycles. The van der Waals surface area contributed by atoms with E-state index in [-0.39, 0.29) is 24.0 Å². The third-order valence-corrected chi connectivity index (χ3v) is 7.68. The number of nitrogens with one attached hydrogen (secondary N) is 2. The van der Waals surface area contributed by atoms with Gasteiger partial charge in [-0.05, 0) is 61.0 Å². The van der Waals surface area contributed by atoms with E-state index in [1.165, 1.54) is 19.2 Å². The molecule has 0 aliphatic carbocycles. The zero-order chi connectivity index (χ0) is 32.0. The molecule has 2 aliphatic rings. The first-order valence-electron chi connectivity index (χ1n) is 14.6. The molecule has 13 heteroatoms. The summed E-state index contributed by atoms with van der Waals surface area (Å²) in [6.07, 6.45) is -3.96. The average molecular weight is 626 g/mol. The van der Waals surface area contributed by atoms with E-state index in [0.29, 0.717) is 80.6 Å². The first-order chi connectivity index (χ1) is 21.6. The number of hydrogen-bond acceptors (Lipinski definition) is 6. The Balaban J connectivity index is 1.33. The summed E-state index contributed by atoms with van der Waals surface area (Å²) in [5.41, 5.74) is 1.12. The number of anilines is 3. The topological polar surface area (TPSA) is 103 Å². The Morgan fingerprint density at radius 1 is 0.800 bits per heavy atom. The van der Waals surface area contributed by atoms with Gasteiger partial charge in [0, 0.05) is 61.9 Å². The van der Waals surface area contributed by atoms with Gasteiger partial charge < -0.3 is 34.8 Å². The highest BCUT2D eigenvalue weighted by Crippen LogP contribution is 2.31. The summed E-state index contributed by atoms with van der Waals surface area (Å²) in [5.74, 6) is -0.0160. The van der Waals surface area contributed by atoms with Gasteiger partial charge in [-0.25, -0.2) is 4.79 Å². The largest absolute Gasteiger partial charge is 0.497 e. The van der Waals surface area contributed by atoms with Crippen LogP contribution in [0.4, 0.5) is 35.0 Å². The number of amides is 4. The van der Waals surface area contributed by atoms with E-state index in [1.807, 2.05) is 4.90 Å². The number of alkyl halides is 3. The minimum absolute atomic E-state index is 0.0564. The molecule has 2 aliphatic heterocycles. The summed E-state index contributed by atoms with van der Waals surface area (Å²) in [5, 5.41) is 5.44. The zero-order valence-electron chi connectivity index (χ0n) is 24.7. The highest BCUT2D eigenvalue weighted by molar-refractivity contribution is 6.06. The molecule has 4 amide bonds. The number of urea groups is 1. The predicted octanol–water partition coefficient (Wildman–Crippen LogP) is 5.18. The van der Waals surface area contributed by atoms with E-state index in [0.717, 1.165) is 12.1 Å². The second-order valence-corrected chi connectivity index (χ2v) is 10.7. The van der Waals surface area contributed by atoms with Gasteiger partial charge in [-0.3, -0.25) is 9.59 Å². The van der Waals surface area contributed by atoms with Crippen LogP contribution in [-0.2, 0) is 10.9 Å². The molecule has 0 saturated carbocycles. The van der Waals surface area contributed by atoms with Crippen LogP contribution in [-0.4, -0.2) is 87.2 Å². The summed E-state index contributed by atoms with van der Waals surface area (Å²) in [6.45, 7) is 3.29. The average Bonchev–Trinajstić information content (AvgIpc) is 3.31. The van der Waals surface area contributed by atoms with Gasteiger partial charge in [0.15, 0.2) is 0 Å². The second-order valence-electron chi connectivity index (χ2n) is 10.7. The molecule has 2 fully saturated rings. The first kappa shape index (κ1) is 31.6. The van der Waals surface area contributed by atoms with Crippen molar-refractivity contribution in [2.24, 2.45) is 0 Å². The van der Waals surface area contributed by atoms with Crippen LogP contribution in [0.5, 0.6) is 5.75 Å². The summed E-state index contributed by atoms with van der Waals surface area (Å²) >= 11 is 0. The molecule has 2 N–H and O–H groups in total. The van der Waals surface area contributed by atoms with Crippen molar-refractivity contribution in [1.82, 2.24) is 9.80 Å². The molecule has 0 unspecified atom stereocenters. The highest BCUT2D eigenvalue weighted by atomic mass is 19.4. The van der Waals surface area contributed by atoms with Crippen molar-refractivity contribution in [2.45, 2.75) is 12.6 Å². The third-order valence-electron chi connectivity index (χ3n) is 7.68. The number of hydrogen-bond donors (Lipinski definition) is 2. The van der Waals surface area contributed by atoms with Crippen LogP contribution in [0.3, 0.4) is 0 Å². The van der Waals surface area contributed by atoms with Crippen LogP contribution in [0.25, 0.3) is 0 Å². The number of rotatable bonds is 6. The number of methoxy groups -OCH3 is 1. The van der Waals surface area contributed by atoms with Crippen LogP contribution < -0.4 is 20.3 Å². The van der Waals surface area contributed by atoms with Gasteiger partial charge in [-0.15, -0.1) is 0 Å². The molecular weight excluding hydrogens is 591 g/mol. The fraction of sp³-hybridized carbons (Fsp3) is 0.344. The van der Waals surface area contributed by atoms with Gasteiger partial charge in [0.1, 0.15) is 5.75 Å². The molecule has 238 valence electrons.